The minimum absolute atomic E-state index is 0. The standard InChI is InChI=1S/2C7H16.2C3H8.10C2H6.2CH4/c2*1-3-5-7-6-4-2;2*1-3-2;10*1-2;;/h2*3-7H2,1-2H3;2*3H2,1-2H3;10*1-2H3;2*1H4. The molecule has 0 rings (SSSR count). The minimum atomic E-state index is 0. The van der Waals surface area contributed by atoms with E-state index in [0.29, 0.717) is 0 Å². The lowest BCUT2D eigenvalue weighted by Gasteiger charge is -1.90. The van der Waals surface area contributed by atoms with Gasteiger partial charge in [-0.3, -0.25) is 0 Å². The lowest BCUT2D eigenvalue weighted by molar-refractivity contribution is 0.656. The van der Waals surface area contributed by atoms with E-state index in [0.717, 1.165) is 0 Å². The summed E-state index contributed by atoms with van der Waals surface area (Å²) in [5.41, 5.74) is 0. The van der Waals surface area contributed by atoms with Gasteiger partial charge in [0.2, 0.25) is 0 Å². The van der Waals surface area contributed by atoms with E-state index in [1.54, 1.807) is 0 Å². The van der Waals surface area contributed by atoms with E-state index >= 15 is 0 Å². The van der Waals surface area contributed by atoms with Crippen molar-refractivity contribution < 1.29 is 0 Å². The van der Waals surface area contributed by atoms with Gasteiger partial charge in [0, 0.05) is 0 Å². The van der Waals surface area contributed by atoms with Crippen molar-refractivity contribution in [2.75, 3.05) is 0 Å². The van der Waals surface area contributed by atoms with Gasteiger partial charge in [-0.2, -0.15) is 0 Å². The van der Waals surface area contributed by atoms with E-state index < -0.39 is 0 Å². The second kappa shape index (κ2) is 456. The summed E-state index contributed by atoms with van der Waals surface area (Å²) in [6, 6.07) is 0. The second-order valence-corrected chi connectivity index (χ2v) is 5.54. The van der Waals surface area contributed by atoms with Crippen LogP contribution in [0.3, 0.4) is 0 Å². The maximum Gasteiger partial charge on any atom is -0.0533 e. The molecule has 0 unspecified atom stereocenters. The molecular weight excluding hydrogens is 504 g/mol. The van der Waals surface area contributed by atoms with E-state index in [9.17, 15) is 0 Å². The summed E-state index contributed by atoms with van der Waals surface area (Å²) in [7, 11) is 0. The molecule has 0 fully saturated rings. The molecule has 0 N–H and O–H groups in total. The number of hydrogen-bond donors (Lipinski definition) is 0. The first-order chi connectivity index (χ1) is 19.7. The van der Waals surface area contributed by atoms with Crippen LogP contribution >= 0.6 is 0 Å². The average Bonchev–Trinajstić information content (AvgIpc) is 3.08. The van der Waals surface area contributed by atoms with Gasteiger partial charge < -0.3 is 0 Å². The third-order valence-corrected chi connectivity index (χ3v) is 2.41. The molecule has 0 aromatic carbocycles. The quantitative estimate of drug-likeness (QED) is 0.237. The lowest BCUT2D eigenvalue weighted by Crippen LogP contribution is -1.70. The SMILES string of the molecule is C.C.CC.CC.CC.CC.CC.CC.CC.CC.CC.CC.CCC.CCC.CCCCCCC.CCCCCCC. The van der Waals surface area contributed by atoms with Crippen LogP contribution in [-0.4, -0.2) is 0 Å². The first kappa shape index (κ1) is 104. The van der Waals surface area contributed by atoms with Crippen molar-refractivity contribution in [3.05, 3.63) is 0 Å². The van der Waals surface area contributed by atoms with Crippen LogP contribution in [0.1, 0.15) is 286 Å². The Balaban J connectivity index is -0.0000000129. The van der Waals surface area contributed by atoms with Gasteiger partial charge in [-0.15, -0.1) is 0 Å². The fourth-order valence-corrected chi connectivity index (χ4v) is 1.35. The van der Waals surface area contributed by atoms with Crippen LogP contribution in [0.15, 0.2) is 0 Å². The maximum absolute atomic E-state index is 2.25. The summed E-state index contributed by atoms with van der Waals surface area (Å²) in [6.07, 6.45) is 16.5. The second-order valence-electron chi connectivity index (χ2n) is 5.54. The monoisotopic (exact) mass is 621 g/mol. The smallest absolute Gasteiger partial charge is 0.0533 e. The van der Waals surface area contributed by atoms with E-state index in [2.05, 4.69) is 55.4 Å². The van der Waals surface area contributed by atoms with Crippen LogP contribution in [-0.2, 0) is 0 Å². The summed E-state index contributed by atoms with van der Waals surface area (Å²) in [5.74, 6) is 0. The Bertz CT molecular complexity index is 66.0. The van der Waals surface area contributed by atoms with Crippen molar-refractivity contribution in [3.63, 3.8) is 0 Å². The maximum atomic E-state index is 2.25. The molecular formula is C42H116. The Kier molecular flexibility index (Phi) is 1130. The van der Waals surface area contributed by atoms with E-state index in [4.69, 9.17) is 0 Å². The molecule has 0 heteroatoms. The molecule has 0 spiro atoms. The highest BCUT2D eigenvalue weighted by atomic mass is 13.9. The summed E-state index contributed by atoms with van der Waals surface area (Å²) < 4.78 is 0. The Morgan fingerprint density at radius 3 is 0.310 bits per heavy atom. The third-order valence-electron chi connectivity index (χ3n) is 2.41. The molecule has 0 aromatic rings. The summed E-state index contributed by atoms with van der Waals surface area (Å²) in [5, 5.41) is 0. The van der Waals surface area contributed by atoms with Crippen molar-refractivity contribution in [3.8, 4) is 0 Å². The van der Waals surface area contributed by atoms with Gasteiger partial charge in [-0.05, 0) is 0 Å². The van der Waals surface area contributed by atoms with Crippen LogP contribution < -0.4 is 0 Å². The predicted molar refractivity (Wildman–Crippen MR) is 228 cm³/mol. The zero-order chi connectivity index (χ0) is 36.5. The molecule has 42 heavy (non-hydrogen) atoms. The number of rotatable bonds is 8. The van der Waals surface area contributed by atoms with Gasteiger partial charge in [0.1, 0.15) is 0 Å². The Morgan fingerprint density at radius 1 is 0.190 bits per heavy atom. The van der Waals surface area contributed by atoms with Gasteiger partial charge in [-0.1, -0.05) is 286 Å². The Labute approximate surface area is 285 Å². The molecule has 0 aliphatic heterocycles. The van der Waals surface area contributed by atoms with Gasteiger partial charge in [0.25, 0.3) is 0 Å². The minimum Gasteiger partial charge on any atom is -0.0776 e. The van der Waals surface area contributed by atoms with Gasteiger partial charge in [0.15, 0.2) is 0 Å². The molecule has 0 bridgehead atoms. The van der Waals surface area contributed by atoms with Crippen molar-refractivity contribution in [2.24, 2.45) is 0 Å². The van der Waals surface area contributed by atoms with Crippen molar-refractivity contribution in [1.82, 2.24) is 0 Å². The van der Waals surface area contributed by atoms with Crippen molar-refractivity contribution in [1.29, 1.82) is 0 Å². The van der Waals surface area contributed by atoms with Crippen LogP contribution in [0.25, 0.3) is 0 Å². The topological polar surface area (TPSA) is 0 Å². The summed E-state index contributed by atoms with van der Waals surface area (Å²) in [4.78, 5) is 0. The molecule has 0 saturated carbocycles. The number of unbranched alkanes of at least 4 members (excludes halogenated alkanes) is 8. The van der Waals surface area contributed by atoms with E-state index in [1.807, 2.05) is 138 Å². The van der Waals surface area contributed by atoms with Crippen molar-refractivity contribution >= 4 is 0 Å². The highest BCUT2D eigenvalue weighted by molar-refractivity contribution is 4.36. The van der Waals surface area contributed by atoms with Gasteiger partial charge in [-0.25, -0.2) is 0 Å². The van der Waals surface area contributed by atoms with Gasteiger partial charge >= 0.3 is 0 Å². The molecule has 0 aromatic heterocycles. The number of hydrogen-bond acceptors (Lipinski definition) is 0. The zero-order valence-corrected chi connectivity index (χ0v) is 36.5. The molecule has 0 amide bonds. The average molecular weight is 621 g/mol. The zero-order valence-electron chi connectivity index (χ0n) is 36.5. The van der Waals surface area contributed by atoms with Crippen molar-refractivity contribution in [2.45, 2.75) is 286 Å². The molecule has 0 nitrogen and oxygen atoms in total. The first-order valence-electron chi connectivity index (χ1n) is 19.7. The largest absolute Gasteiger partial charge is 0.0776 e. The summed E-state index contributed by atoms with van der Waals surface area (Å²) >= 11 is 0. The van der Waals surface area contributed by atoms with Crippen LogP contribution in [0, 0.1) is 0 Å². The predicted octanol–water partition coefficient (Wildman–Crippen LogP) is 20.3. The molecule has 0 aliphatic rings. The molecule has 0 radical (unpaired) electrons. The highest BCUT2D eigenvalue weighted by Gasteiger charge is 1.80. The normalized spacial score (nSPS) is 5.43. The fourth-order valence-electron chi connectivity index (χ4n) is 1.35. The molecule has 0 saturated heterocycles. The van der Waals surface area contributed by atoms with E-state index in [1.165, 1.54) is 77.0 Å². The molecule has 0 atom stereocenters. The van der Waals surface area contributed by atoms with Gasteiger partial charge in [0.05, 0.1) is 0 Å². The van der Waals surface area contributed by atoms with Crippen LogP contribution in [0.5, 0.6) is 0 Å². The van der Waals surface area contributed by atoms with Crippen LogP contribution in [0.4, 0.5) is 0 Å². The molecule has 0 heterocycles. The lowest BCUT2D eigenvalue weighted by atomic mass is 10.2. The Morgan fingerprint density at radius 2 is 0.262 bits per heavy atom. The highest BCUT2D eigenvalue weighted by Crippen LogP contribution is 2.00. The fraction of sp³-hybridized carbons (Fsp3) is 1.00. The Hall–Kier alpha value is 0. The molecule has 284 valence electrons. The first-order valence-corrected chi connectivity index (χ1v) is 19.7. The summed E-state index contributed by atoms with van der Waals surface area (Å²) in [6.45, 7) is 57.5. The molecule has 0 aliphatic carbocycles. The van der Waals surface area contributed by atoms with Crippen LogP contribution in [0.2, 0.25) is 0 Å². The van der Waals surface area contributed by atoms with E-state index in [-0.39, 0.29) is 14.9 Å². The third kappa shape index (κ3) is 951.